The summed E-state index contributed by atoms with van der Waals surface area (Å²) >= 11 is 16.4. The van der Waals surface area contributed by atoms with Gasteiger partial charge in [-0.3, -0.25) is 57.7 Å². The maximum atomic E-state index is 13.3. The zero-order chi connectivity index (χ0) is 63.6. The molecule has 2 saturated carbocycles. The minimum absolute atomic E-state index is 0. The van der Waals surface area contributed by atoms with E-state index in [1.165, 1.54) is 78.8 Å². The number of rotatable bonds is 24. The molecule has 0 radical (unpaired) electrons. The summed E-state index contributed by atoms with van der Waals surface area (Å²) in [7, 11) is 6.72. The van der Waals surface area contributed by atoms with E-state index >= 15 is 0 Å². The molecule has 474 valence electrons. The molecular formula is C61H93N6O12S6+. The van der Waals surface area contributed by atoms with Crippen LogP contribution in [-0.2, 0) is 57.4 Å². The van der Waals surface area contributed by atoms with Gasteiger partial charge < -0.3 is 29.9 Å². The number of nitrogens with zero attached hydrogens (tertiary/aromatic N) is 4. The Balaban J connectivity index is 0.000000485. The average molecular weight is 1290 g/mol. The average Bonchev–Trinajstić information content (AvgIpc) is 1.95. The quantitative estimate of drug-likeness (QED) is 0.0230. The topological polar surface area (TPSA) is 226 Å². The van der Waals surface area contributed by atoms with Crippen LogP contribution in [0.25, 0.3) is 0 Å². The lowest BCUT2D eigenvalue weighted by molar-refractivity contribution is -0.158. The molecule has 6 unspecified atom stereocenters. The monoisotopic (exact) mass is 1290 g/mol. The summed E-state index contributed by atoms with van der Waals surface area (Å²) in [5.74, 6) is -1.41. The highest BCUT2D eigenvalue weighted by atomic mass is 32.2. The first kappa shape index (κ1) is 76.6. The van der Waals surface area contributed by atoms with Gasteiger partial charge in [0.2, 0.25) is 47.3 Å². The van der Waals surface area contributed by atoms with Gasteiger partial charge >= 0.3 is 11.9 Å². The molecule has 4 bridgehead atoms. The number of hydrogen-bond donors (Lipinski definition) is 2. The standard InChI is InChI=1S/C30H45N3O6S3.C19H24NO4S3.C6H11NO.C5H9NO.CH4/c1-8-13-41-29(40)42-21(25(35)32(6)7)15-20(24(34)31-17(2)3)16-30(4,5)28(38)39-12-11-33-26(36)22-18-9-10-19(14-18)23(22)27(33)37;1-4-9-26-18(25)27-19(2,3)17(23)24-8-7-20-15(21)13-11-5-6-12(10-11)14(13)16(20)22;1-4-6(8)7-5(2)3;1-4-5(7)6(2)3;/h9-10,17-23H,8,11-16H2,1-7H3,(H,31,34);5-6,11-14H,1,4,7-10H2,2-3H3;4-5H,1H2,2-3H3,(H,7,8);4H,1H2,2-3H3;1H4/q;+1;;;/t18?,19?,20?,21?,22-,23+;11?,12?,13-,14+;;;. The molecule has 2 N–H and O–H groups in total. The van der Waals surface area contributed by atoms with Crippen LogP contribution in [-0.4, -0.2) is 174 Å². The molecular weight excluding hydrogens is 1200 g/mol. The molecule has 6 aliphatic rings. The van der Waals surface area contributed by atoms with Crippen LogP contribution in [0.3, 0.4) is 0 Å². The number of nitrogens with one attached hydrogen (secondary N) is 2. The van der Waals surface area contributed by atoms with Crippen molar-refractivity contribution in [3.8, 4) is 0 Å². The zero-order valence-corrected chi connectivity index (χ0v) is 56.0. The fraction of sp³-hybridized carbons (Fsp3) is 0.656. The summed E-state index contributed by atoms with van der Waals surface area (Å²) < 4.78 is 11.5. The van der Waals surface area contributed by atoms with Gasteiger partial charge in [0, 0.05) is 51.9 Å². The van der Waals surface area contributed by atoms with E-state index in [1.807, 2.05) is 39.8 Å². The lowest BCUT2D eigenvalue weighted by atomic mass is 9.80. The molecule has 4 fully saturated rings. The molecule has 2 aliphatic heterocycles. The smallest absolute Gasteiger partial charge is 0.322 e. The van der Waals surface area contributed by atoms with Gasteiger partial charge in [0.25, 0.3) is 0 Å². The molecule has 0 aromatic heterocycles. The van der Waals surface area contributed by atoms with Crippen LogP contribution < -0.4 is 10.6 Å². The minimum atomic E-state index is -1.06. The first-order valence-electron chi connectivity index (χ1n) is 28.5. The third-order valence-electron chi connectivity index (χ3n) is 14.6. The Hall–Kier alpha value is -4.49. The number of likely N-dealkylation sites (N-methyl/N-ethyl adjacent to an activating group) is 1. The highest BCUT2D eigenvalue weighted by Crippen LogP contribution is 2.53. The number of likely N-dealkylation sites (tertiary alicyclic amines) is 2. The van der Waals surface area contributed by atoms with Crippen molar-refractivity contribution in [3.05, 3.63) is 56.5 Å². The van der Waals surface area contributed by atoms with Gasteiger partial charge in [0.05, 0.1) is 60.8 Å². The number of carbonyl (C=O) groups excluding carboxylic acids is 10. The summed E-state index contributed by atoms with van der Waals surface area (Å²) in [4.78, 5) is 129. The maximum Gasteiger partial charge on any atom is 0.322 e. The van der Waals surface area contributed by atoms with Gasteiger partial charge in [0.1, 0.15) is 25.0 Å². The molecule has 0 aromatic rings. The summed E-state index contributed by atoms with van der Waals surface area (Å²) in [5.41, 5.74) is -1.06. The number of carbonyl (C=O) groups is 10. The van der Waals surface area contributed by atoms with Gasteiger partial charge in [-0.25, -0.2) is 0 Å². The second-order valence-corrected chi connectivity index (χ2v) is 30.8. The zero-order valence-electron chi connectivity index (χ0n) is 51.1. The van der Waals surface area contributed by atoms with Crippen LogP contribution in [0.2, 0.25) is 0 Å². The highest BCUT2D eigenvalue weighted by Gasteiger charge is 2.60. The van der Waals surface area contributed by atoms with Crippen molar-refractivity contribution in [1.82, 2.24) is 30.2 Å². The van der Waals surface area contributed by atoms with E-state index in [2.05, 4.69) is 49.8 Å². The number of thioether (sulfide) groups is 4. The Morgan fingerprint density at radius 1 is 0.706 bits per heavy atom. The van der Waals surface area contributed by atoms with Crippen molar-refractivity contribution < 1.29 is 57.4 Å². The van der Waals surface area contributed by atoms with Gasteiger partial charge in [-0.15, -0.1) is 23.5 Å². The lowest BCUT2D eigenvalue weighted by Crippen LogP contribution is -2.43. The predicted octanol–water partition coefficient (Wildman–Crippen LogP) is 8.59. The predicted molar refractivity (Wildman–Crippen MR) is 352 cm³/mol. The molecule has 8 amide bonds. The molecule has 10 atom stereocenters. The third kappa shape index (κ3) is 22.0. The number of amides is 8. The van der Waals surface area contributed by atoms with Crippen LogP contribution in [0.5, 0.6) is 0 Å². The Labute approximate surface area is 533 Å². The van der Waals surface area contributed by atoms with Crippen molar-refractivity contribution in [3.63, 3.8) is 0 Å². The Kier molecular flexibility index (Phi) is 32.0. The lowest BCUT2D eigenvalue weighted by Gasteiger charge is -2.30. The van der Waals surface area contributed by atoms with E-state index in [0.29, 0.717) is 7.06 Å². The first-order chi connectivity index (χ1) is 39.3. The molecule has 2 heterocycles. The second-order valence-electron chi connectivity index (χ2n) is 23.4. The van der Waals surface area contributed by atoms with Crippen LogP contribution in [0, 0.1) is 65.6 Å². The molecule has 18 nitrogen and oxygen atoms in total. The van der Waals surface area contributed by atoms with Gasteiger partial charge in [-0.05, 0) is 129 Å². The molecule has 2 saturated heterocycles. The van der Waals surface area contributed by atoms with Crippen molar-refractivity contribution in [2.24, 2.45) is 58.7 Å². The maximum absolute atomic E-state index is 13.3. The van der Waals surface area contributed by atoms with Crippen LogP contribution >= 0.6 is 71.5 Å². The molecule has 6 rings (SSSR count). The molecule has 24 heteroatoms. The number of fused-ring (bicyclic) bond motifs is 10. The van der Waals surface area contributed by atoms with Crippen LogP contribution in [0.4, 0.5) is 0 Å². The van der Waals surface area contributed by atoms with E-state index in [9.17, 15) is 47.9 Å². The van der Waals surface area contributed by atoms with Crippen LogP contribution in [0.1, 0.15) is 108 Å². The van der Waals surface area contributed by atoms with Gasteiger partial charge in [-0.2, -0.15) is 0 Å². The van der Waals surface area contributed by atoms with E-state index < -0.39 is 33.3 Å². The Morgan fingerprint density at radius 3 is 1.49 bits per heavy atom. The van der Waals surface area contributed by atoms with Gasteiger partial charge in [0.15, 0.2) is 0 Å². The number of imide groups is 2. The van der Waals surface area contributed by atoms with E-state index in [0.717, 1.165) is 37.2 Å². The molecule has 4 aliphatic carbocycles. The number of allylic oxidation sites excluding steroid dienone is 4. The highest BCUT2D eigenvalue weighted by molar-refractivity contribution is 8.48. The van der Waals surface area contributed by atoms with Crippen molar-refractivity contribution in [2.45, 2.75) is 130 Å². The number of hydrogen-bond acceptors (Lipinski definition) is 18. The van der Waals surface area contributed by atoms with Crippen LogP contribution in [0.15, 0.2) is 49.6 Å². The van der Waals surface area contributed by atoms with Crippen molar-refractivity contribution in [2.75, 3.05) is 66.0 Å². The fourth-order valence-electron chi connectivity index (χ4n) is 10.6. The SMILES string of the molecule is C.C=CC(=O)N(C)C.C=CC(=O)NC(C)C.CCCSC(=S)SC(CC(CC(C)(C)C(=O)OCCN1C(=O)[C@@H]2C3C=CC(C3)[C@@H]2C1=O)C(=O)NC(C)C)C(=O)N(C)C.[CH2+]CCSC(=S)SC(C)(C)C(=O)OCCN1C(=O)[C@@H]2C3C=CC(C3)[C@@H]2C1=O. The minimum Gasteiger partial charge on any atom is -0.463 e. The summed E-state index contributed by atoms with van der Waals surface area (Å²) in [6.45, 7) is 26.9. The molecule has 85 heavy (non-hydrogen) atoms. The summed E-state index contributed by atoms with van der Waals surface area (Å²) in [6, 6.07) is 0.0906. The van der Waals surface area contributed by atoms with E-state index in [1.54, 1.807) is 55.9 Å². The van der Waals surface area contributed by atoms with Gasteiger partial charge in [-0.1, -0.05) is 99.8 Å². The van der Waals surface area contributed by atoms with E-state index in [-0.39, 0.29) is 153 Å². The largest absolute Gasteiger partial charge is 0.463 e. The summed E-state index contributed by atoms with van der Waals surface area (Å²) in [5, 5.41) is 4.99. The number of esters is 2. The Morgan fingerprint density at radius 2 is 1.14 bits per heavy atom. The Bertz CT molecular complexity index is 2460. The van der Waals surface area contributed by atoms with E-state index in [4.69, 9.17) is 33.9 Å². The third-order valence-corrected chi connectivity index (χ3v) is 20.4. The summed E-state index contributed by atoms with van der Waals surface area (Å²) in [6.07, 6.45) is 14.6. The molecule has 0 spiro atoms. The number of ether oxygens (including phenoxy) is 2. The normalized spacial score (nSPS) is 22.5. The van der Waals surface area contributed by atoms with Crippen molar-refractivity contribution >= 4 is 138 Å². The van der Waals surface area contributed by atoms with Crippen molar-refractivity contribution in [1.29, 1.82) is 0 Å². The number of thiocarbonyl (C=S) groups is 2. The molecule has 0 aromatic carbocycles. The second kappa shape index (κ2) is 35.5. The fourth-order valence-corrected chi connectivity index (χ4v) is 16.2. The first-order valence-corrected chi connectivity index (χ1v) is 32.9.